The van der Waals surface area contributed by atoms with Crippen LogP contribution in [0.25, 0.3) is 0 Å². The van der Waals surface area contributed by atoms with Crippen molar-refractivity contribution >= 4 is 11.6 Å². The van der Waals surface area contributed by atoms with Crippen molar-refractivity contribution in [1.82, 2.24) is 0 Å². The van der Waals surface area contributed by atoms with Gasteiger partial charge in [0.05, 0.1) is 16.7 Å². The number of ether oxygens (including phenoxy) is 1. The van der Waals surface area contributed by atoms with E-state index in [1.54, 1.807) is 0 Å². The average molecular weight is 317 g/mol. The molecule has 2 unspecified atom stereocenters. The summed E-state index contributed by atoms with van der Waals surface area (Å²) in [5, 5.41) is 10.2. The van der Waals surface area contributed by atoms with Crippen LogP contribution in [-0.4, -0.2) is 17.3 Å². The smallest absolute Gasteiger partial charge is 0.142 e. The third-order valence-corrected chi connectivity index (χ3v) is 5.14. The predicted molar refractivity (Wildman–Crippen MR) is 76.2 cm³/mol. The highest BCUT2D eigenvalue weighted by atomic mass is 35.5. The molecule has 1 aliphatic heterocycles. The summed E-state index contributed by atoms with van der Waals surface area (Å²) in [4.78, 5) is 0. The van der Waals surface area contributed by atoms with E-state index >= 15 is 0 Å². The molecule has 0 radical (unpaired) electrons. The van der Waals surface area contributed by atoms with E-state index in [2.05, 4.69) is 0 Å². The van der Waals surface area contributed by atoms with E-state index in [1.807, 2.05) is 0 Å². The van der Waals surface area contributed by atoms with Crippen molar-refractivity contribution in [3.05, 3.63) is 34.4 Å². The Morgan fingerprint density at radius 3 is 2.67 bits per heavy atom. The third kappa shape index (κ3) is 2.94. The Labute approximate surface area is 128 Å². The highest BCUT2D eigenvalue weighted by Gasteiger charge is 2.42. The van der Waals surface area contributed by atoms with Crippen LogP contribution in [0.1, 0.15) is 50.2 Å². The maximum atomic E-state index is 14.0. The Kier molecular flexibility index (Phi) is 4.21. The third-order valence-electron chi connectivity index (χ3n) is 4.85. The van der Waals surface area contributed by atoms with Gasteiger partial charge in [0, 0.05) is 12.2 Å². The Bertz CT molecular complexity index is 529. The largest absolute Gasteiger partial charge is 0.388 e. The molecule has 1 saturated heterocycles. The van der Waals surface area contributed by atoms with Crippen LogP contribution in [0.2, 0.25) is 5.02 Å². The summed E-state index contributed by atoms with van der Waals surface area (Å²) in [5.41, 5.74) is -0.164. The molecule has 1 aliphatic carbocycles. The maximum Gasteiger partial charge on any atom is 0.142 e. The first-order valence-corrected chi connectivity index (χ1v) is 7.85. The van der Waals surface area contributed by atoms with Gasteiger partial charge in [-0.1, -0.05) is 24.4 Å². The van der Waals surface area contributed by atoms with Gasteiger partial charge in [-0.25, -0.2) is 8.78 Å². The molecule has 1 heterocycles. The SMILES string of the molecule is OC(c1cc(F)c(Cl)cc1F)C1CCOC2(CCCC2)C1. The van der Waals surface area contributed by atoms with Crippen LogP contribution in [0.5, 0.6) is 0 Å². The van der Waals surface area contributed by atoms with Crippen molar-refractivity contribution in [3.8, 4) is 0 Å². The minimum atomic E-state index is -1.02. The number of benzene rings is 1. The van der Waals surface area contributed by atoms with Gasteiger partial charge in [0.25, 0.3) is 0 Å². The summed E-state index contributed by atoms with van der Waals surface area (Å²) >= 11 is 5.56. The van der Waals surface area contributed by atoms with Gasteiger partial charge >= 0.3 is 0 Å². The molecular formula is C16H19ClF2O2. The first-order valence-electron chi connectivity index (χ1n) is 7.47. The van der Waals surface area contributed by atoms with E-state index in [4.69, 9.17) is 16.3 Å². The molecular weight excluding hydrogens is 298 g/mol. The number of hydrogen-bond acceptors (Lipinski definition) is 2. The average Bonchev–Trinajstić information content (AvgIpc) is 2.90. The summed E-state index contributed by atoms with van der Waals surface area (Å²) in [7, 11) is 0. The van der Waals surface area contributed by atoms with Gasteiger partial charge in [-0.3, -0.25) is 0 Å². The summed E-state index contributed by atoms with van der Waals surface area (Å²) in [5.74, 6) is -1.46. The fourth-order valence-corrected chi connectivity index (χ4v) is 3.87. The van der Waals surface area contributed by atoms with Gasteiger partial charge in [-0.15, -0.1) is 0 Å². The van der Waals surface area contributed by atoms with E-state index < -0.39 is 17.7 Å². The molecule has 0 aromatic heterocycles. The lowest BCUT2D eigenvalue weighted by molar-refractivity contribution is -0.113. The van der Waals surface area contributed by atoms with E-state index in [1.165, 1.54) is 0 Å². The minimum absolute atomic E-state index is 0.00283. The zero-order chi connectivity index (χ0) is 15.0. The molecule has 21 heavy (non-hydrogen) atoms. The predicted octanol–water partition coefficient (Wildman–Crippen LogP) is 4.39. The standard InChI is InChI=1S/C16H19ClF2O2/c17-12-8-13(18)11(7-14(12)19)15(20)10-3-6-21-16(9-10)4-1-2-5-16/h7-8,10,15,20H,1-6,9H2. The number of rotatable bonds is 2. The second-order valence-electron chi connectivity index (χ2n) is 6.22. The Morgan fingerprint density at radius 1 is 1.24 bits per heavy atom. The fourth-order valence-electron chi connectivity index (χ4n) is 3.72. The van der Waals surface area contributed by atoms with Crippen molar-refractivity contribution < 1.29 is 18.6 Å². The first kappa shape index (κ1) is 15.2. The molecule has 1 N–H and O–H groups in total. The lowest BCUT2D eigenvalue weighted by atomic mass is 9.80. The molecule has 1 spiro atoms. The molecule has 2 fully saturated rings. The zero-order valence-corrected chi connectivity index (χ0v) is 12.5. The molecule has 116 valence electrons. The lowest BCUT2D eigenvalue weighted by Gasteiger charge is -2.40. The highest BCUT2D eigenvalue weighted by molar-refractivity contribution is 6.30. The lowest BCUT2D eigenvalue weighted by Crippen LogP contribution is -2.39. The summed E-state index contributed by atoms with van der Waals surface area (Å²) < 4.78 is 33.4. The van der Waals surface area contributed by atoms with Gasteiger partial charge in [0.15, 0.2) is 0 Å². The summed E-state index contributed by atoms with van der Waals surface area (Å²) in [6.07, 6.45) is 4.60. The second-order valence-corrected chi connectivity index (χ2v) is 6.63. The van der Waals surface area contributed by atoms with Crippen molar-refractivity contribution in [3.63, 3.8) is 0 Å². The highest BCUT2D eigenvalue weighted by Crippen LogP contribution is 2.45. The van der Waals surface area contributed by atoms with Crippen LogP contribution in [0.4, 0.5) is 8.78 Å². The molecule has 0 amide bonds. The number of hydrogen-bond donors (Lipinski definition) is 1. The molecule has 2 nitrogen and oxygen atoms in total. The van der Waals surface area contributed by atoms with Crippen LogP contribution < -0.4 is 0 Å². The van der Waals surface area contributed by atoms with Gasteiger partial charge in [0.2, 0.25) is 0 Å². The zero-order valence-electron chi connectivity index (χ0n) is 11.7. The second kappa shape index (κ2) is 5.82. The molecule has 1 aromatic carbocycles. The molecule has 1 saturated carbocycles. The Morgan fingerprint density at radius 2 is 1.95 bits per heavy atom. The van der Waals surface area contributed by atoms with Crippen molar-refractivity contribution in [2.45, 2.75) is 50.2 Å². The maximum absolute atomic E-state index is 14.0. The van der Waals surface area contributed by atoms with Crippen LogP contribution in [0.3, 0.4) is 0 Å². The number of halogens is 3. The van der Waals surface area contributed by atoms with Crippen molar-refractivity contribution in [2.24, 2.45) is 5.92 Å². The molecule has 5 heteroatoms. The van der Waals surface area contributed by atoms with E-state index in [9.17, 15) is 13.9 Å². The van der Waals surface area contributed by atoms with Gasteiger partial charge in [-0.2, -0.15) is 0 Å². The van der Waals surface area contributed by atoms with Crippen LogP contribution in [-0.2, 0) is 4.74 Å². The summed E-state index contributed by atoms with van der Waals surface area (Å²) in [6, 6.07) is 1.94. The fraction of sp³-hybridized carbons (Fsp3) is 0.625. The Balaban J connectivity index is 1.81. The first-order chi connectivity index (χ1) is 10.0. The van der Waals surface area contributed by atoms with Gasteiger partial charge in [-0.05, 0) is 43.7 Å². The van der Waals surface area contributed by atoms with Crippen LogP contribution in [0, 0.1) is 17.6 Å². The van der Waals surface area contributed by atoms with Crippen LogP contribution in [0.15, 0.2) is 12.1 Å². The topological polar surface area (TPSA) is 29.5 Å². The number of aliphatic hydroxyl groups is 1. The Hall–Kier alpha value is -0.710. The quantitative estimate of drug-likeness (QED) is 0.820. The van der Waals surface area contributed by atoms with E-state index in [-0.39, 0.29) is 22.1 Å². The number of aliphatic hydroxyl groups excluding tert-OH is 1. The molecule has 1 aromatic rings. The van der Waals surface area contributed by atoms with E-state index in [0.29, 0.717) is 19.4 Å². The molecule has 3 rings (SSSR count). The van der Waals surface area contributed by atoms with E-state index in [0.717, 1.165) is 37.8 Å². The molecule has 2 atom stereocenters. The summed E-state index contributed by atoms with van der Waals surface area (Å²) in [6.45, 7) is 0.569. The van der Waals surface area contributed by atoms with Gasteiger partial charge in [0.1, 0.15) is 11.6 Å². The normalized spacial score (nSPS) is 26.2. The monoisotopic (exact) mass is 316 g/mol. The molecule has 2 aliphatic rings. The van der Waals surface area contributed by atoms with Gasteiger partial charge < -0.3 is 9.84 Å². The van der Waals surface area contributed by atoms with Crippen LogP contribution >= 0.6 is 11.6 Å². The van der Waals surface area contributed by atoms with Crippen molar-refractivity contribution in [1.29, 1.82) is 0 Å². The minimum Gasteiger partial charge on any atom is -0.388 e. The van der Waals surface area contributed by atoms with Crippen molar-refractivity contribution in [2.75, 3.05) is 6.61 Å². The molecule has 0 bridgehead atoms.